The fourth-order valence-electron chi connectivity index (χ4n) is 2.34. The summed E-state index contributed by atoms with van der Waals surface area (Å²) in [6, 6.07) is 3.71. The van der Waals surface area contributed by atoms with E-state index in [1.54, 1.807) is 16.9 Å². The summed E-state index contributed by atoms with van der Waals surface area (Å²) in [6.07, 6.45) is 9.46. The van der Waals surface area contributed by atoms with Gasteiger partial charge in [0.25, 0.3) is 0 Å². The number of aromatic nitrogens is 10. The van der Waals surface area contributed by atoms with Crippen molar-refractivity contribution in [2.75, 3.05) is 0 Å². The van der Waals surface area contributed by atoms with Crippen LogP contribution in [-0.2, 0) is 0 Å². The van der Waals surface area contributed by atoms with Gasteiger partial charge in [-0.3, -0.25) is 0 Å². The Morgan fingerprint density at radius 3 is 2.42 bits per heavy atom. The molecule has 3 aliphatic rings. The van der Waals surface area contributed by atoms with Crippen molar-refractivity contribution in [1.82, 2.24) is 50.2 Å². The minimum Gasteiger partial charge on any atom is -0.249 e. The first kappa shape index (κ1) is 12.6. The van der Waals surface area contributed by atoms with E-state index in [2.05, 4.69) is 46.3 Å². The van der Waals surface area contributed by atoms with Gasteiger partial charge in [-0.2, -0.15) is 20.3 Å². The highest BCUT2D eigenvalue weighted by molar-refractivity contribution is 5.74. The summed E-state index contributed by atoms with van der Waals surface area (Å²) in [7, 11) is 0. The average molecular weight is 324 g/mol. The van der Waals surface area contributed by atoms with Gasteiger partial charge in [0.2, 0.25) is 0 Å². The summed E-state index contributed by atoms with van der Waals surface area (Å²) < 4.78 is 3.03. The summed E-state index contributed by atoms with van der Waals surface area (Å²) in [5.74, 6) is 0.559. The molecular weight excluding hydrogens is 312 g/mol. The molecule has 5 rings (SSSR count). The molecule has 0 saturated heterocycles. The molecule has 0 aromatic carbocycles. The van der Waals surface area contributed by atoms with E-state index in [1.165, 1.54) is 9.65 Å². The van der Waals surface area contributed by atoms with E-state index in [0.717, 1.165) is 22.8 Å². The lowest BCUT2D eigenvalue weighted by molar-refractivity contribution is 0.475. The van der Waals surface area contributed by atoms with Crippen LogP contribution in [0.1, 0.15) is 22.8 Å². The Morgan fingerprint density at radius 1 is 0.792 bits per heavy atom. The van der Waals surface area contributed by atoms with Crippen molar-refractivity contribution in [2.45, 2.75) is 0 Å². The molecule has 2 aromatic heterocycles. The van der Waals surface area contributed by atoms with Crippen LogP contribution in [-0.4, -0.2) is 50.2 Å². The van der Waals surface area contributed by atoms with Crippen molar-refractivity contribution >= 4 is 30.1 Å². The smallest absolute Gasteiger partial charge is 0.174 e. The maximum atomic E-state index is 4.52. The van der Waals surface area contributed by atoms with E-state index in [1.807, 2.05) is 30.4 Å². The van der Waals surface area contributed by atoms with Gasteiger partial charge in [-0.15, -0.1) is 5.11 Å². The number of hydrogen-bond donors (Lipinski definition) is 5. The number of H-pyrrole nitrogens is 5. The molecule has 0 radical (unpaired) electrons. The Morgan fingerprint density at radius 2 is 1.54 bits per heavy atom. The predicted octanol–water partition coefficient (Wildman–Crippen LogP) is 1.60. The van der Waals surface area contributed by atoms with E-state index in [-0.39, 0.29) is 0 Å². The Kier molecular flexibility index (Phi) is 2.50. The van der Waals surface area contributed by atoms with Gasteiger partial charge >= 0.3 is 0 Å². The number of aromatic amines is 5. The quantitative estimate of drug-likeness (QED) is 0.295. The van der Waals surface area contributed by atoms with Crippen molar-refractivity contribution < 1.29 is 0 Å². The zero-order chi connectivity index (χ0) is 15.9. The third kappa shape index (κ3) is 2.27. The number of nitrogens with one attached hydrogen (secondary N) is 5. The maximum absolute atomic E-state index is 4.52. The number of fused-ring (bicyclic) bond motifs is 8. The fraction of sp³-hybridized carbons (Fsp3) is 0. The number of hydrogen-bond acceptors (Lipinski definition) is 4. The van der Waals surface area contributed by atoms with Crippen molar-refractivity contribution in [2.24, 2.45) is 10.3 Å². The fourth-order valence-corrected chi connectivity index (χ4v) is 2.34. The minimum absolute atomic E-state index is 0.559. The molecule has 5 N–H and O–H groups in total. The third-order valence-corrected chi connectivity index (χ3v) is 3.35. The van der Waals surface area contributed by atoms with Gasteiger partial charge in [0.15, 0.2) is 5.82 Å². The Balaban J connectivity index is 1.83. The van der Waals surface area contributed by atoms with Crippen LogP contribution in [0.3, 0.4) is 0 Å². The zero-order valence-electron chi connectivity index (χ0n) is 12.2. The average Bonchev–Trinajstić information content (AvgIpc) is 3.32. The molecule has 3 aliphatic heterocycles. The summed E-state index contributed by atoms with van der Waals surface area (Å²) in [6.45, 7) is 0. The molecule has 0 spiro atoms. The lowest BCUT2D eigenvalue weighted by Crippen LogP contribution is -2.04. The van der Waals surface area contributed by atoms with Gasteiger partial charge in [0.05, 0.1) is 29.0 Å². The SMILES string of the molecule is C1=Cc2cc3[nH]n([nH]n4[nH][nH]n(cc5nc(cc1n2)C=C5)[nH]4)N=N3. The van der Waals surface area contributed by atoms with Crippen LogP contribution in [0.4, 0.5) is 5.82 Å². The van der Waals surface area contributed by atoms with Gasteiger partial charge in [0.1, 0.15) is 0 Å². The molecule has 8 bridgehead atoms. The molecule has 0 atom stereocenters. The van der Waals surface area contributed by atoms with E-state index in [4.69, 9.17) is 0 Å². The van der Waals surface area contributed by atoms with Crippen LogP contribution in [0.2, 0.25) is 0 Å². The Hall–Kier alpha value is -3.96. The van der Waals surface area contributed by atoms with Crippen LogP contribution in [0.15, 0.2) is 28.7 Å². The monoisotopic (exact) mass is 324 g/mol. The molecule has 0 fully saturated rings. The first-order valence-electron chi connectivity index (χ1n) is 7.11. The molecule has 0 amide bonds. The van der Waals surface area contributed by atoms with Gasteiger partial charge in [-0.25, -0.2) is 20.3 Å². The molecule has 24 heavy (non-hydrogen) atoms. The predicted molar refractivity (Wildman–Crippen MR) is 84.5 cm³/mol. The van der Waals surface area contributed by atoms with Crippen LogP contribution >= 0.6 is 0 Å². The Bertz CT molecular complexity index is 1030. The van der Waals surface area contributed by atoms with Gasteiger partial charge in [-0.05, 0) is 35.6 Å². The molecule has 12 heteroatoms. The standard InChI is InChI=1S/C12H12N12/c1-2-10-6-12-15-17-23(16-12)21-24-19-18-22(20-24)7-11-4-3-9(14-11)5-8(1)13-10/h1-7,16,18-21H. The van der Waals surface area contributed by atoms with E-state index in [9.17, 15) is 0 Å². The topological polar surface area (TPSA) is 143 Å². The van der Waals surface area contributed by atoms with Crippen molar-refractivity contribution in [3.63, 3.8) is 0 Å². The Labute approximate surface area is 132 Å². The second-order valence-corrected chi connectivity index (χ2v) is 5.13. The van der Waals surface area contributed by atoms with Gasteiger partial charge < -0.3 is 0 Å². The molecule has 0 aliphatic carbocycles. The highest BCUT2D eigenvalue weighted by Crippen LogP contribution is 2.17. The first-order chi connectivity index (χ1) is 11.8. The van der Waals surface area contributed by atoms with Crippen LogP contribution in [0.25, 0.3) is 24.3 Å². The highest BCUT2D eigenvalue weighted by atomic mass is 15.9. The first-order valence-corrected chi connectivity index (χ1v) is 7.11. The van der Waals surface area contributed by atoms with Crippen molar-refractivity contribution in [1.29, 1.82) is 0 Å². The summed E-state index contributed by atoms with van der Waals surface area (Å²) >= 11 is 0. The number of rotatable bonds is 0. The normalized spacial score (nSPS) is 13.3. The molecule has 120 valence electrons. The van der Waals surface area contributed by atoms with E-state index in [0.29, 0.717) is 5.82 Å². The highest BCUT2D eigenvalue weighted by Gasteiger charge is 2.03. The van der Waals surface area contributed by atoms with E-state index >= 15 is 0 Å². The lowest BCUT2D eigenvalue weighted by Gasteiger charge is -1.89. The van der Waals surface area contributed by atoms with Gasteiger partial charge in [0, 0.05) is 6.07 Å². The van der Waals surface area contributed by atoms with Crippen molar-refractivity contribution in [3.05, 3.63) is 41.1 Å². The zero-order valence-corrected chi connectivity index (χ0v) is 12.2. The van der Waals surface area contributed by atoms with Crippen LogP contribution in [0, 0.1) is 0 Å². The molecular formula is C12H12N12. The molecule has 5 heterocycles. The lowest BCUT2D eigenvalue weighted by atomic mass is 10.3. The third-order valence-electron chi connectivity index (χ3n) is 3.35. The second-order valence-electron chi connectivity index (χ2n) is 5.13. The van der Waals surface area contributed by atoms with E-state index < -0.39 is 0 Å². The summed E-state index contributed by atoms with van der Waals surface area (Å²) in [5.41, 5.74) is 3.22. The van der Waals surface area contributed by atoms with Crippen LogP contribution < -0.4 is 0 Å². The number of nitrogens with zero attached hydrogens (tertiary/aromatic N) is 7. The van der Waals surface area contributed by atoms with Gasteiger partial charge in [-0.1, -0.05) is 9.65 Å². The summed E-state index contributed by atoms with van der Waals surface area (Å²) in [4.78, 5) is 10.4. The molecule has 2 aromatic rings. The minimum atomic E-state index is 0.559. The van der Waals surface area contributed by atoms with Crippen LogP contribution in [0.5, 0.6) is 0 Å². The largest absolute Gasteiger partial charge is 0.249 e. The summed E-state index contributed by atoms with van der Waals surface area (Å²) in [5, 5.41) is 22.5. The molecule has 0 unspecified atom stereocenters. The maximum Gasteiger partial charge on any atom is 0.174 e. The molecule has 0 saturated carbocycles. The molecule has 12 nitrogen and oxygen atoms in total. The second kappa shape index (κ2) is 4.77. The van der Waals surface area contributed by atoms with Crippen molar-refractivity contribution in [3.8, 4) is 0 Å².